The van der Waals surface area contributed by atoms with Crippen LogP contribution in [0.4, 0.5) is 17.6 Å². The number of halogens is 4. The molecule has 4 atom stereocenters. The Morgan fingerprint density at radius 3 is 2.43 bits per heavy atom. The van der Waals surface area contributed by atoms with Crippen LogP contribution in [0.25, 0.3) is 11.3 Å². The van der Waals surface area contributed by atoms with Crippen LogP contribution in [0.15, 0.2) is 24.3 Å². The van der Waals surface area contributed by atoms with E-state index in [0.717, 1.165) is 11.3 Å². The highest BCUT2D eigenvalue weighted by atomic mass is 19.3. The lowest BCUT2D eigenvalue weighted by atomic mass is 9.83. The second-order valence-electron chi connectivity index (χ2n) is 8.93. The first-order valence-corrected chi connectivity index (χ1v) is 9.96. The first-order valence-electron chi connectivity index (χ1n) is 9.96. The van der Waals surface area contributed by atoms with Crippen LogP contribution in [-0.2, 0) is 10.2 Å². The lowest BCUT2D eigenvalue weighted by Gasteiger charge is -2.31. The Hall–Kier alpha value is -2.55. The fourth-order valence-electron chi connectivity index (χ4n) is 6.68. The summed E-state index contributed by atoms with van der Waals surface area (Å²) in [7, 11) is 0. The van der Waals surface area contributed by atoms with Crippen molar-refractivity contribution in [2.75, 3.05) is 19.6 Å². The molecule has 4 unspecified atom stereocenters. The number of alkyl halides is 2. The first kappa shape index (κ1) is 18.2. The second-order valence-corrected chi connectivity index (χ2v) is 8.93. The average molecular weight is 418 g/mol. The van der Waals surface area contributed by atoms with Crippen molar-refractivity contribution in [3.05, 3.63) is 47.2 Å². The van der Waals surface area contributed by atoms with Crippen LogP contribution in [0.1, 0.15) is 17.2 Å². The molecule has 0 aliphatic heterocycles. The molecule has 2 bridgehead atoms. The number of rotatable bonds is 7. The zero-order valence-electron chi connectivity index (χ0n) is 15.7. The normalized spacial score (nSPS) is 33.7. The monoisotopic (exact) mass is 418 g/mol. The van der Waals surface area contributed by atoms with Crippen molar-refractivity contribution in [3.63, 3.8) is 0 Å². The van der Waals surface area contributed by atoms with E-state index in [-0.39, 0.29) is 24.3 Å². The highest BCUT2D eigenvalue weighted by Crippen LogP contribution is 2.94. The van der Waals surface area contributed by atoms with Crippen molar-refractivity contribution >= 4 is 5.91 Å². The molecule has 0 radical (unpaired) electrons. The summed E-state index contributed by atoms with van der Waals surface area (Å²) in [5.41, 5.74) is 6.43. The quantitative estimate of drug-likeness (QED) is 0.701. The number of hydrogen-bond acceptors (Lipinski definition) is 4. The molecule has 1 heterocycles. The second kappa shape index (κ2) is 5.78. The summed E-state index contributed by atoms with van der Waals surface area (Å²) < 4.78 is 54.6. The Balaban J connectivity index is 1.38. The van der Waals surface area contributed by atoms with Gasteiger partial charge >= 0.3 is 0 Å². The van der Waals surface area contributed by atoms with E-state index in [1.54, 1.807) is 6.07 Å². The summed E-state index contributed by atoms with van der Waals surface area (Å²) in [6, 6.07) is 5.35. The predicted octanol–water partition coefficient (Wildman–Crippen LogP) is 2.31. The van der Waals surface area contributed by atoms with E-state index >= 15 is 0 Å². The Morgan fingerprint density at radius 1 is 1.17 bits per heavy atom. The fourth-order valence-corrected chi connectivity index (χ4v) is 6.68. The molecule has 3 saturated carbocycles. The molecule has 156 valence electrons. The van der Waals surface area contributed by atoms with E-state index in [0.29, 0.717) is 29.6 Å². The highest BCUT2D eigenvalue weighted by molar-refractivity contribution is 5.76. The minimum Gasteiger partial charge on any atom is -0.369 e. The third kappa shape index (κ3) is 2.18. The van der Waals surface area contributed by atoms with Gasteiger partial charge in [0.1, 0.15) is 11.6 Å². The topological polar surface area (TPSA) is 72.1 Å². The van der Waals surface area contributed by atoms with Gasteiger partial charge in [0.25, 0.3) is 6.43 Å². The lowest BCUT2D eigenvalue weighted by Crippen LogP contribution is -2.43. The number of carbonyl (C=O) groups excluding carboxylic acids is 1. The van der Waals surface area contributed by atoms with Gasteiger partial charge in [-0.15, -0.1) is 0 Å². The molecule has 1 aromatic heterocycles. The van der Waals surface area contributed by atoms with Crippen LogP contribution in [-0.4, -0.2) is 47.1 Å². The standard InChI is InChI=1S/C21H18F4N4O/c22-9-2-1-3-10(23)15(9)11-4-8-14-16-17(14)19-18(16)21(19,20(8)28-27-11)7-29(5-12(24)25)6-13(26)30/h1-4,12,14,16-19H,5-7H2,(H2,26,30). The van der Waals surface area contributed by atoms with Gasteiger partial charge in [-0.1, -0.05) is 6.07 Å². The maximum atomic E-state index is 14.2. The Bertz CT molecular complexity index is 1060. The van der Waals surface area contributed by atoms with E-state index in [1.165, 1.54) is 23.1 Å². The molecule has 1 amide bonds. The molecule has 5 aliphatic rings. The highest BCUT2D eigenvalue weighted by Gasteiger charge is 2.92. The van der Waals surface area contributed by atoms with Gasteiger partial charge in [-0.25, -0.2) is 17.6 Å². The fraction of sp³-hybridized carbons (Fsp3) is 0.476. The third-order valence-electron chi connectivity index (χ3n) is 7.53. The summed E-state index contributed by atoms with van der Waals surface area (Å²) in [6.07, 6.45) is -2.58. The average Bonchev–Trinajstić information content (AvgIpc) is 3.46. The number of amides is 1. The van der Waals surface area contributed by atoms with Crippen molar-refractivity contribution in [2.24, 2.45) is 29.4 Å². The SMILES string of the molecule is NC(=O)CN(CC(F)F)CC12c3nnc(-c4c(F)cccc4F)cc3C3C4C3C1C42. The Labute approximate surface area is 169 Å². The van der Waals surface area contributed by atoms with Crippen LogP contribution >= 0.6 is 0 Å². The molecule has 0 saturated heterocycles. The minimum absolute atomic E-state index is 0.142. The molecule has 9 heteroatoms. The summed E-state index contributed by atoms with van der Waals surface area (Å²) >= 11 is 0. The van der Waals surface area contributed by atoms with E-state index < -0.39 is 35.9 Å². The molecular formula is C21H18F4N4O. The van der Waals surface area contributed by atoms with Crippen LogP contribution < -0.4 is 5.73 Å². The minimum atomic E-state index is -2.58. The largest absolute Gasteiger partial charge is 0.369 e. The summed E-state index contributed by atoms with van der Waals surface area (Å²) in [6.45, 7) is -0.514. The zero-order valence-corrected chi connectivity index (χ0v) is 15.7. The van der Waals surface area contributed by atoms with E-state index in [9.17, 15) is 22.4 Å². The maximum absolute atomic E-state index is 14.2. The molecule has 2 aromatic rings. The number of primary amides is 1. The molecule has 0 spiro atoms. The van der Waals surface area contributed by atoms with Gasteiger partial charge in [-0.05, 0) is 53.4 Å². The van der Waals surface area contributed by atoms with Crippen molar-refractivity contribution in [1.29, 1.82) is 0 Å². The number of carbonyl (C=O) groups is 1. The van der Waals surface area contributed by atoms with E-state index in [2.05, 4.69) is 10.2 Å². The van der Waals surface area contributed by atoms with E-state index in [4.69, 9.17) is 5.73 Å². The Kier molecular flexibility index (Phi) is 3.51. The molecule has 5 aliphatic carbocycles. The summed E-state index contributed by atoms with van der Waals surface area (Å²) in [5.74, 6) is -0.114. The van der Waals surface area contributed by atoms with Crippen molar-refractivity contribution < 1.29 is 22.4 Å². The summed E-state index contributed by atoms with van der Waals surface area (Å²) in [4.78, 5) is 12.8. The number of nitrogens with two attached hydrogens (primary N) is 1. The van der Waals surface area contributed by atoms with Crippen molar-refractivity contribution in [2.45, 2.75) is 17.8 Å². The smallest absolute Gasteiger partial charge is 0.251 e. The molecule has 3 fully saturated rings. The number of benzene rings is 1. The van der Waals surface area contributed by atoms with Gasteiger partial charge in [0.15, 0.2) is 0 Å². The van der Waals surface area contributed by atoms with Gasteiger partial charge in [0.05, 0.1) is 30.0 Å². The first-order chi connectivity index (χ1) is 14.3. The number of aromatic nitrogens is 2. The Morgan fingerprint density at radius 2 is 1.83 bits per heavy atom. The third-order valence-corrected chi connectivity index (χ3v) is 7.53. The van der Waals surface area contributed by atoms with Gasteiger partial charge in [0, 0.05) is 12.0 Å². The molecule has 7 rings (SSSR count). The lowest BCUT2D eigenvalue weighted by molar-refractivity contribution is -0.119. The van der Waals surface area contributed by atoms with Crippen LogP contribution in [0.3, 0.4) is 0 Å². The molecule has 30 heavy (non-hydrogen) atoms. The van der Waals surface area contributed by atoms with Gasteiger partial charge in [-0.2, -0.15) is 10.2 Å². The van der Waals surface area contributed by atoms with Gasteiger partial charge < -0.3 is 5.73 Å². The molecule has 1 aromatic carbocycles. The molecular weight excluding hydrogens is 400 g/mol. The number of hydrogen-bond donors (Lipinski definition) is 1. The predicted molar refractivity (Wildman–Crippen MR) is 97.4 cm³/mol. The van der Waals surface area contributed by atoms with Crippen LogP contribution in [0.2, 0.25) is 0 Å². The summed E-state index contributed by atoms with van der Waals surface area (Å²) in [5, 5.41) is 8.48. The van der Waals surface area contributed by atoms with Crippen molar-refractivity contribution in [1.82, 2.24) is 15.1 Å². The van der Waals surface area contributed by atoms with Gasteiger partial charge in [-0.3, -0.25) is 9.69 Å². The van der Waals surface area contributed by atoms with Gasteiger partial charge in [0.2, 0.25) is 5.91 Å². The van der Waals surface area contributed by atoms with Crippen LogP contribution in [0.5, 0.6) is 0 Å². The van der Waals surface area contributed by atoms with Crippen LogP contribution in [0, 0.1) is 35.3 Å². The maximum Gasteiger partial charge on any atom is 0.251 e. The molecule has 2 N–H and O–H groups in total. The van der Waals surface area contributed by atoms with Crippen molar-refractivity contribution in [3.8, 4) is 11.3 Å². The zero-order chi connectivity index (χ0) is 20.9. The van der Waals surface area contributed by atoms with E-state index in [1.807, 2.05) is 0 Å². The number of nitrogens with zero attached hydrogens (tertiary/aromatic N) is 3. The molecule has 5 nitrogen and oxygen atoms in total.